The molecule has 1 N–H and O–H groups in total. The quantitative estimate of drug-likeness (QED) is 0.465. The number of benzene rings is 1. The second-order valence-corrected chi connectivity index (χ2v) is 7.98. The molecule has 4 aromatic rings. The predicted octanol–water partition coefficient (Wildman–Crippen LogP) is 3.65. The van der Waals surface area contributed by atoms with Crippen LogP contribution >= 0.6 is 0 Å². The minimum atomic E-state index is -0.377. The molecule has 1 amide bonds. The summed E-state index contributed by atoms with van der Waals surface area (Å²) in [4.78, 5) is 23.0. The number of aliphatic hydroxyl groups excluding tert-OH is 1. The lowest BCUT2D eigenvalue weighted by Gasteiger charge is -2.23. The van der Waals surface area contributed by atoms with Gasteiger partial charge in [0.05, 0.1) is 25.4 Å². The zero-order chi connectivity index (χ0) is 24.2. The molecule has 1 saturated heterocycles. The van der Waals surface area contributed by atoms with Crippen molar-refractivity contribution >= 4 is 17.6 Å². The number of aromatic nitrogens is 6. The van der Waals surface area contributed by atoms with Crippen molar-refractivity contribution in [2.24, 2.45) is 5.92 Å². The van der Waals surface area contributed by atoms with Gasteiger partial charge in [0.1, 0.15) is 18.8 Å². The van der Waals surface area contributed by atoms with Crippen molar-refractivity contribution < 1.29 is 14.6 Å². The first kappa shape index (κ1) is 23.4. The van der Waals surface area contributed by atoms with Crippen LogP contribution in [0.15, 0.2) is 49.1 Å². The van der Waals surface area contributed by atoms with Crippen LogP contribution in [0.4, 0.5) is 10.6 Å². The number of rotatable bonds is 6. The molecule has 0 spiro atoms. The maximum atomic E-state index is 12.4. The maximum absolute atomic E-state index is 12.4. The summed E-state index contributed by atoms with van der Waals surface area (Å²) >= 11 is 0. The highest BCUT2D eigenvalue weighted by Crippen LogP contribution is 2.30. The summed E-state index contributed by atoms with van der Waals surface area (Å²) in [5.74, 6) is 1.48. The third kappa shape index (κ3) is 4.24. The lowest BCUT2D eigenvalue weighted by molar-refractivity contribution is 0.177. The van der Waals surface area contributed by atoms with Crippen molar-refractivity contribution in [3.8, 4) is 22.5 Å². The van der Waals surface area contributed by atoms with Crippen molar-refractivity contribution in [3.05, 3.63) is 49.1 Å². The lowest BCUT2D eigenvalue weighted by atomic mass is 10.0. The van der Waals surface area contributed by atoms with Gasteiger partial charge < -0.3 is 9.84 Å². The van der Waals surface area contributed by atoms with E-state index in [9.17, 15) is 9.90 Å². The van der Waals surface area contributed by atoms with Gasteiger partial charge in [0.2, 0.25) is 0 Å². The first-order valence-corrected chi connectivity index (χ1v) is 11.5. The summed E-state index contributed by atoms with van der Waals surface area (Å²) in [5.41, 5.74) is 3.33. The Labute approximate surface area is 197 Å². The van der Waals surface area contributed by atoms with Crippen molar-refractivity contribution in [2.45, 2.75) is 40.3 Å². The van der Waals surface area contributed by atoms with E-state index in [-0.39, 0.29) is 24.7 Å². The van der Waals surface area contributed by atoms with Crippen molar-refractivity contribution in [3.63, 3.8) is 0 Å². The van der Waals surface area contributed by atoms with Crippen LogP contribution in [0, 0.1) is 5.92 Å². The number of ether oxygens (including phenoxy) is 1. The number of anilines is 1. The van der Waals surface area contributed by atoms with Gasteiger partial charge >= 0.3 is 6.09 Å². The molecule has 178 valence electrons. The molecule has 1 fully saturated rings. The molecule has 0 aliphatic carbocycles. The summed E-state index contributed by atoms with van der Waals surface area (Å²) in [5, 5.41) is 17.8. The summed E-state index contributed by atoms with van der Waals surface area (Å²) in [6, 6.07) is 9.57. The Morgan fingerprint density at radius 2 is 1.85 bits per heavy atom. The number of fused-ring (bicyclic) bond motifs is 1. The Kier molecular flexibility index (Phi) is 6.87. The molecule has 4 heterocycles. The fourth-order valence-corrected chi connectivity index (χ4v) is 3.93. The number of amides is 1. The molecule has 1 aliphatic rings. The van der Waals surface area contributed by atoms with Gasteiger partial charge in [-0.1, -0.05) is 52.0 Å². The Balaban J connectivity index is 0.00000133. The summed E-state index contributed by atoms with van der Waals surface area (Å²) in [7, 11) is 0. The normalized spacial score (nSPS) is 15.5. The van der Waals surface area contributed by atoms with E-state index in [1.807, 2.05) is 38.1 Å². The third-order valence-electron chi connectivity index (χ3n) is 5.66. The van der Waals surface area contributed by atoms with Gasteiger partial charge in [-0.05, 0) is 17.5 Å². The maximum Gasteiger partial charge on any atom is 0.415 e. The average Bonchev–Trinajstić information content (AvgIpc) is 3.58. The molecule has 10 nitrogen and oxygen atoms in total. The third-order valence-corrected chi connectivity index (χ3v) is 5.66. The molecule has 1 aliphatic heterocycles. The zero-order valence-corrected chi connectivity index (χ0v) is 19.8. The highest BCUT2D eigenvalue weighted by molar-refractivity contribution is 5.90. The molecule has 34 heavy (non-hydrogen) atoms. The molecule has 10 heteroatoms. The Morgan fingerprint density at radius 3 is 2.56 bits per heavy atom. The Bertz CT molecular complexity index is 1260. The topological polar surface area (TPSA) is 111 Å². The molecule has 0 radical (unpaired) electrons. The van der Waals surface area contributed by atoms with E-state index in [2.05, 4.69) is 29.0 Å². The Morgan fingerprint density at radius 1 is 1.12 bits per heavy atom. The zero-order valence-electron chi connectivity index (χ0n) is 19.8. The van der Waals surface area contributed by atoms with Gasteiger partial charge in [-0.25, -0.2) is 24.0 Å². The highest BCUT2D eigenvalue weighted by Gasteiger charge is 2.37. The van der Waals surface area contributed by atoms with E-state index in [1.54, 1.807) is 32.6 Å². The van der Waals surface area contributed by atoms with Gasteiger partial charge in [0.25, 0.3) is 0 Å². The molecule has 5 rings (SSSR count). The van der Waals surface area contributed by atoms with Gasteiger partial charge in [-0.2, -0.15) is 10.2 Å². The lowest BCUT2D eigenvalue weighted by Crippen LogP contribution is -2.37. The Hall–Kier alpha value is -3.79. The van der Waals surface area contributed by atoms with E-state index in [0.29, 0.717) is 30.4 Å². The molecule has 1 atom stereocenters. The van der Waals surface area contributed by atoms with E-state index in [1.165, 1.54) is 6.33 Å². The summed E-state index contributed by atoms with van der Waals surface area (Å²) in [6.45, 7) is 8.86. The molecule has 0 saturated carbocycles. The molecule has 0 bridgehead atoms. The number of hydrogen-bond donors (Lipinski definition) is 1. The van der Waals surface area contributed by atoms with Crippen LogP contribution in [-0.4, -0.2) is 59.8 Å². The summed E-state index contributed by atoms with van der Waals surface area (Å²) < 4.78 is 8.63. The first-order valence-electron chi connectivity index (χ1n) is 11.5. The minimum Gasteiger partial charge on any atom is -0.447 e. The molecule has 1 unspecified atom stereocenters. The standard InChI is InChI=1S/C22H23N7O3.C2H6/c1-14(2)18-12-32-22(31)29(18)19-7-8-27-21(26-19)17(11-24-27)15-3-5-16(6-4-15)20-23-13-25-28(20)9-10-30;1-2/h3-8,11,13-14,18,30H,9-10,12H2,1-2H3;1-2H3. The van der Waals surface area contributed by atoms with Crippen LogP contribution in [0.2, 0.25) is 0 Å². The van der Waals surface area contributed by atoms with E-state index < -0.39 is 0 Å². The largest absolute Gasteiger partial charge is 0.447 e. The molecule has 1 aromatic carbocycles. The number of carbonyl (C=O) groups is 1. The molecule has 3 aromatic heterocycles. The van der Waals surface area contributed by atoms with Gasteiger partial charge in [0.15, 0.2) is 11.5 Å². The molecular weight excluding hydrogens is 434 g/mol. The number of cyclic esters (lactones) is 1. The van der Waals surface area contributed by atoms with Crippen LogP contribution in [-0.2, 0) is 11.3 Å². The monoisotopic (exact) mass is 463 g/mol. The fourth-order valence-electron chi connectivity index (χ4n) is 3.93. The SMILES string of the molecule is CC.CC(C)C1COC(=O)N1c1ccn2ncc(-c3ccc(-c4ncnn4CCO)cc3)c2n1. The van der Waals surface area contributed by atoms with E-state index in [4.69, 9.17) is 9.72 Å². The fraction of sp³-hybridized carbons (Fsp3) is 0.375. The molecular formula is C24H29N7O3. The summed E-state index contributed by atoms with van der Waals surface area (Å²) in [6.07, 6.45) is 4.66. The predicted molar refractivity (Wildman–Crippen MR) is 128 cm³/mol. The van der Waals surface area contributed by atoms with Crippen molar-refractivity contribution in [2.75, 3.05) is 18.1 Å². The van der Waals surface area contributed by atoms with Crippen molar-refractivity contribution in [1.82, 2.24) is 29.4 Å². The van der Waals surface area contributed by atoms with Crippen LogP contribution < -0.4 is 4.90 Å². The smallest absolute Gasteiger partial charge is 0.415 e. The minimum absolute atomic E-state index is 0.00687. The average molecular weight is 464 g/mol. The number of hydrogen-bond acceptors (Lipinski definition) is 7. The van der Waals surface area contributed by atoms with Crippen LogP contribution in [0.3, 0.4) is 0 Å². The van der Waals surface area contributed by atoms with E-state index in [0.717, 1.165) is 16.7 Å². The van der Waals surface area contributed by atoms with Gasteiger partial charge in [0, 0.05) is 17.3 Å². The van der Waals surface area contributed by atoms with Crippen LogP contribution in [0.25, 0.3) is 28.2 Å². The second kappa shape index (κ2) is 10.0. The van der Waals surface area contributed by atoms with Gasteiger partial charge in [-0.3, -0.25) is 4.90 Å². The van der Waals surface area contributed by atoms with Crippen LogP contribution in [0.1, 0.15) is 27.7 Å². The van der Waals surface area contributed by atoms with Crippen LogP contribution in [0.5, 0.6) is 0 Å². The van der Waals surface area contributed by atoms with Crippen molar-refractivity contribution in [1.29, 1.82) is 0 Å². The second-order valence-electron chi connectivity index (χ2n) is 7.98. The first-order chi connectivity index (χ1) is 16.6. The van der Waals surface area contributed by atoms with Gasteiger partial charge in [-0.15, -0.1) is 0 Å². The number of aliphatic hydroxyl groups is 1. The van der Waals surface area contributed by atoms with E-state index >= 15 is 0 Å². The number of nitrogens with zero attached hydrogens (tertiary/aromatic N) is 7. The highest BCUT2D eigenvalue weighted by atomic mass is 16.6. The number of carbonyl (C=O) groups excluding carboxylic acids is 1.